The van der Waals surface area contributed by atoms with Gasteiger partial charge < -0.3 is 9.84 Å². The van der Waals surface area contributed by atoms with Gasteiger partial charge in [0.15, 0.2) is 0 Å². The van der Waals surface area contributed by atoms with Crippen LogP contribution in [0, 0.1) is 6.92 Å². The minimum atomic E-state index is 0.380. The summed E-state index contributed by atoms with van der Waals surface area (Å²) in [4.78, 5) is 2.27. The van der Waals surface area contributed by atoms with E-state index >= 15 is 0 Å². The van der Waals surface area contributed by atoms with E-state index in [0.717, 1.165) is 38.4 Å². The van der Waals surface area contributed by atoms with E-state index in [1.54, 1.807) is 6.07 Å². The molecule has 17 heavy (non-hydrogen) atoms. The minimum Gasteiger partial charge on any atom is -0.508 e. The Balaban J connectivity index is 2.57. The van der Waals surface area contributed by atoms with Crippen molar-refractivity contribution >= 4 is 0 Å². The summed E-state index contributed by atoms with van der Waals surface area (Å²) in [6.07, 6.45) is 0. The number of ether oxygens (including phenoxy) is 1. The molecule has 0 aromatic heterocycles. The molecule has 1 rings (SSSR count). The van der Waals surface area contributed by atoms with Crippen molar-refractivity contribution in [1.29, 1.82) is 0 Å². The Hall–Kier alpha value is -1.06. The molecule has 0 aliphatic heterocycles. The molecule has 0 saturated heterocycles. The molecule has 0 atom stereocenters. The normalized spacial score (nSPS) is 11.1. The van der Waals surface area contributed by atoms with Gasteiger partial charge in [0.05, 0.1) is 6.61 Å². The Kier molecular flexibility index (Phi) is 6.01. The van der Waals surface area contributed by atoms with E-state index in [-0.39, 0.29) is 0 Å². The lowest BCUT2D eigenvalue weighted by molar-refractivity contribution is 0.112. The first-order valence-corrected chi connectivity index (χ1v) is 6.26. The molecule has 0 fully saturated rings. The predicted molar refractivity (Wildman–Crippen MR) is 70.3 cm³/mol. The third-order valence-electron chi connectivity index (χ3n) is 2.83. The molecule has 0 saturated carbocycles. The second kappa shape index (κ2) is 7.30. The van der Waals surface area contributed by atoms with Gasteiger partial charge in [-0.3, -0.25) is 4.90 Å². The molecule has 0 spiro atoms. The lowest BCUT2D eigenvalue weighted by Gasteiger charge is -2.21. The number of aromatic hydroxyl groups is 1. The van der Waals surface area contributed by atoms with Crippen LogP contribution in [0.5, 0.6) is 5.75 Å². The van der Waals surface area contributed by atoms with Gasteiger partial charge in [0.1, 0.15) is 5.75 Å². The Morgan fingerprint density at radius 1 is 1.29 bits per heavy atom. The first-order chi connectivity index (χ1) is 8.17. The molecular formula is C14H23NO2. The number of likely N-dealkylation sites (N-methyl/N-ethyl adjacent to an activating group) is 1. The van der Waals surface area contributed by atoms with Crippen molar-refractivity contribution in [2.24, 2.45) is 0 Å². The van der Waals surface area contributed by atoms with Gasteiger partial charge in [-0.25, -0.2) is 0 Å². The van der Waals surface area contributed by atoms with Gasteiger partial charge in [-0.2, -0.15) is 0 Å². The second-order valence-electron chi connectivity index (χ2n) is 4.20. The molecular weight excluding hydrogens is 214 g/mol. The van der Waals surface area contributed by atoms with Gasteiger partial charge in [-0.05, 0) is 26.5 Å². The zero-order valence-corrected chi connectivity index (χ0v) is 11.1. The van der Waals surface area contributed by atoms with E-state index in [1.807, 2.05) is 26.0 Å². The highest BCUT2D eigenvalue weighted by Crippen LogP contribution is 2.19. The van der Waals surface area contributed by atoms with Crippen LogP contribution in [0.3, 0.4) is 0 Å². The first-order valence-electron chi connectivity index (χ1n) is 6.26. The summed E-state index contributed by atoms with van der Waals surface area (Å²) in [6, 6.07) is 5.73. The van der Waals surface area contributed by atoms with Crippen LogP contribution < -0.4 is 0 Å². The van der Waals surface area contributed by atoms with E-state index in [9.17, 15) is 5.11 Å². The SMILES string of the molecule is CCOCCN(CC)Cc1cc(C)ccc1O. The monoisotopic (exact) mass is 237 g/mol. The molecule has 3 nitrogen and oxygen atoms in total. The second-order valence-corrected chi connectivity index (χ2v) is 4.20. The van der Waals surface area contributed by atoms with Crippen molar-refractivity contribution in [1.82, 2.24) is 4.90 Å². The van der Waals surface area contributed by atoms with E-state index in [4.69, 9.17) is 4.74 Å². The maximum atomic E-state index is 9.79. The van der Waals surface area contributed by atoms with Gasteiger partial charge in [0.2, 0.25) is 0 Å². The van der Waals surface area contributed by atoms with Crippen molar-refractivity contribution in [3.8, 4) is 5.75 Å². The van der Waals surface area contributed by atoms with Crippen LogP contribution in [0.4, 0.5) is 0 Å². The Labute approximate surface area is 104 Å². The number of benzene rings is 1. The fraction of sp³-hybridized carbons (Fsp3) is 0.571. The van der Waals surface area contributed by atoms with Crippen molar-refractivity contribution < 1.29 is 9.84 Å². The van der Waals surface area contributed by atoms with E-state index in [0.29, 0.717) is 5.75 Å². The summed E-state index contributed by atoms with van der Waals surface area (Å²) in [6.45, 7) is 10.3. The first kappa shape index (κ1) is 14.0. The molecule has 0 amide bonds. The van der Waals surface area contributed by atoms with Crippen LogP contribution in [0.1, 0.15) is 25.0 Å². The molecule has 3 heteroatoms. The summed E-state index contributed by atoms with van der Waals surface area (Å²) in [7, 11) is 0. The van der Waals surface area contributed by atoms with Gasteiger partial charge in [-0.1, -0.05) is 24.6 Å². The van der Waals surface area contributed by atoms with Crippen molar-refractivity contribution in [3.63, 3.8) is 0 Å². The van der Waals surface area contributed by atoms with Gasteiger partial charge in [0, 0.05) is 25.3 Å². The van der Waals surface area contributed by atoms with Crippen molar-refractivity contribution in [3.05, 3.63) is 29.3 Å². The molecule has 96 valence electrons. The van der Waals surface area contributed by atoms with Crippen LogP contribution in [-0.4, -0.2) is 36.3 Å². The molecule has 1 aromatic rings. The quantitative estimate of drug-likeness (QED) is 0.740. The molecule has 0 bridgehead atoms. The van der Waals surface area contributed by atoms with E-state index < -0.39 is 0 Å². The van der Waals surface area contributed by atoms with Crippen LogP contribution in [-0.2, 0) is 11.3 Å². The molecule has 0 aliphatic rings. The molecule has 1 N–H and O–H groups in total. The van der Waals surface area contributed by atoms with Crippen molar-refractivity contribution in [2.45, 2.75) is 27.3 Å². The highest BCUT2D eigenvalue weighted by atomic mass is 16.5. The molecule has 0 unspecified atom stereocenters. The summed E-state index contributed by atoms with van der Waals surface area (Å²) in [5.74, 6) is 0.380. The largest absolute Gasteiger partial charge is 0.508 e. The fourth-order valence-electron chi connectivity index (χ4n) is 1.77. The number of aryl methyl sites for hydroxylation is 1. The molecule has 0 aliphatic carbocycles. The highest BCUT2D eigenvalue weighted by Gasteiger charge is 2.07. The Morgan fingerprint density at radius 3 is 2.71 bits per heavy atom. The summed E-state index contributed by atoms with van der Waals surface area (Å²) >= 11 is 0. The highest BCUT2D eigenvalue weighted by molar-refractivity contribution is 5.35. The fourth-order valence-corrected chi connectivity index (χ4v) is 1.77. The van der Waals surface area contributed by atoms with E-state index in [2.05, 4.69) is 11.8 Å². The molecule has 0 radical (unpaired) electrons. The maximum Gasteiger partial charge on any atom is 0.120 e. The van der Waals surface area contributed by atoms with Gasteiger partial charge in [0.25, 0.3) is 0 Å². The molecule has 1 aromatic carbocycles. The lowest BCUT2D eigenvalue weighted by Crippen LogP contribution is -2.27. The van der Waals surface area contributed by atoms with Crippen LogP contribution in [0.15, 0.2) is 18.2 Å². The number of nitrogens with zero attached hydrogens (tertiary/aromatic N) is 1. The average molecular weight is 237 g/mol. The summed E-state index contributed by atoms with van der Waals surface area (Å²) in [5.41, 5.74) is 2.17. The smallest absolute Gasteiger partial charge is 0.120 e. The van der Waals surface area contributed by atoms with Gasteiger partial charge in [-0.15, -0.1) is 0 Å². The predicted octanol–water partition coefficient (Wildman–Crippen LogP) is 2.56. The van der Waals surface area contributed by atoms with Crippen LogP contribution in [0.25, 0.3) is 0 Å². The zero-order valence-electron chi connectivity index (χ0n) is 11.1. The lowest BCUT2D eigenvalue weighted by atomic mass is 10.1. The van der Waals surface area contributed by atoms with Crippen molar-refractivity contribution in [2.75, 3.05) is 26.3 Å². The minimum absolute atomic E-state index is 0.380. The zero-order chi connectivity index (χ0) is 12.7. The maximum absolute atomic E-state index is 9.79. The Morgan fingerprint density at radius 2 is 2.06 bits per heavy atom. The third kappa shape index (κ3) is 4.75. The summed E-state index contributed by atoms with van der Waals surface area (Å²) < 4.78 is 5.35. The standard InChI is InChI=1S/C14H23NO2/c1-4-15(8-9-17-5-2)11-13-10-12(3)6-7-14(13)16/h6-7,10,16H,4-5,8-9,11H2,1-3H3. The van der Waals surface area contributed by atoms with E-state index in [1.165, 1.54) is 5.56 Å². The third-order valence-corrected chi connectivity index (χ3v) is 2.83. The number of rotatable bonds is 7. The van der Waals surface area contributed by atoms with Gasteiger partial charge >= 0.3 is 0 Å². The number of hydrogen-bond donors (Lipinski definition) is 1. The van der Waals surface area contributed by atoms with Crippen LogP contribution >= 0.6 is 0 Å². The number of hydrogen-bond acceptors (Lipinski definition) is 3. The Bertz CT molecular complexity index is 339. The molecule has 0 heterocycles. The average Bonchev–Trinajstić information content (AvgIpc) is 2.32. The van der Waals surface area contributed by atoms with Crippen LogP contribution in [0.2, 0.25) is 0 Å². The number of phenols is 1. The summed E-state index contributed by atoms with van der Waals surface area (Å²) in [5, 5.41) is 9.79. The number of phenolic OH excluding ortho intramolecular Hbond substituents is 1. The topological polar surface area (TPSA) is 32.7 Å².